The predicted molar refractivity (Wildman–Crippen MR) is 107 cm³/mol. The fourth-order valence-corrected chi connectivity index (χ4v) is 2.95. The fraction of sp³-hybridized carbons (Fsp3) is 0.200. The highest BCUT2D eigenvalue weighted by Gasteiger charge is 2.20. The van der Waals surface area contributed by atoms with Crippen LogP contribution in [0.3, 0.4) is 0 Å². The molecule has 0 fully saturated rings. The zero-order chi connectivity index (χ0) is 19.4. The molecule has 0 radical (unpaired) electrons. The third-order valence-corrected chi connectivity index (χ3v) is 4.81. The maximum Gasteiger partial charge on any atom is 0.241 e. The summed E-state index contributed by atoms with van der Waals surface area (Å²) < 4.78 is 16.3. The Morgan fingerprint density at radius 3 is 2.74 bits per heavy atom. The molecule has 1 aromatic heterocycles. The van der Waals surface area contributed by atoms with Gasteiger partial charge in [-0.1, -0.05) is 34.1 Å². The second kappa shape index (κ2) is 8.45. The van der Waals surface area contributed by atoms with E-state index in [0.717, 1.165) is 11.3 Å². The number of hydrogen-bond acceptors (Lipinski definition) is 3. The van der Waals surface area contributed by atoms with Crippen molar-refractivity contribution in [2.75, 3.05) is 12.4 Å². The van der Waals surface area contributed by atoms with Crippen molar-refractivity contribution >= 4 is 27.5 Å². The summed E-state index contributed by atoms with van der Waals surface area (Å²) in [6.07, 6.45) is 3.72. The molecular formula is C20H20BrFN4O. The highest BCUT2D eigenvalue weighted by molar-refractivity contribution is 9.10. The Morgan fingerprint density at radius 2 is 2.04 bits per heavy atom. The van der Waals surface area contributed by atoms with Gasteiger partial charge in [0.2, 0.25) is 5.91 Å². The molecule has 140 valence electrons. The number of rotatable bonds is 6. The summed E-state index contributed by atoms with van der Waals surface area (Å²) in [6, 6.07) is 13.9. The third kappa shape index (κ3) is 4.81. The first-order valence-electron chi connectivity index (χ1n) is 8.49. The fourth-order valence-electron chi connectivity index (χ4n) is 2.62. The van der Waals surface area contributed by atoms with Gasteiger partial charge in [-0.25, -0.2) is 9.07 Å². The van der Waals surface area contributed by atoms with Crippen molar-refractivity contribution in [1.29, 1.82) is 0 Å². The zero-order valence-electron chi connectivity index (χ0n) is 15.1. The van der Waals surface area contributed by atoms with E-state index in [4.69, 9.17) is 0 Å². The van der Waals surface area contributed by atoms with Gasteiger partial charge >= 0.3 is 0 Å². The van der Waals surface area contributed by atoms with Crippen molar-refractivity contribution in [2.24, 2.45) is 0 Å². The molecule has 3 aromatic rings. The lowest BCUT2D eigenvalue weighted by molar-refractivity contribution is -0.120. The van der Waals surface area contributed by atoms with Crippen LogP contribution >= 0.6 is 15.9 Å². The highest BCUT2D eigenvalue weighted by atomic mass is 79.9. The number of amides is 1. The minimum atomic E-state index is -0.475. The second-order valence-corrected chi connectivity index (χ2v) is 7.25. The number of anilines is 1. The number of benzene rings is 2. The van der Waals surface area contributed by atoms with Gasteiger partial charge in [0.15, 0.2) is 0 Å². The van der Waals surface area contributed by atoms with Gasteiger partial charge in [0.25, 0.3) is 0 Å². The molecule has 1 unspecified atom stereocenters. The molecule has 0 aliphatic heterocycles. The SMILES string of the molecule is CC(C(=O)Nc1ccc(Br)cc1F)N(C)Cc1cnn(-c2ccccc2)c1. The molecule has 0 saturated heterocycles. The highest BCUT2D eigenvalue weighted by Crippen LogP contribution is 2.20. The van der Waals surface area contributed by atoms with Crippen LogP contribution in [0.5, 0.6) is 0 Å². The van der Waals surface area contributed by atoms with E-state index < -0.39 is 11.9 Å². The van der Waals surface area contributed by atoms with E-state index in [9.17, 15) is 9.18 Å². The van der Waals surface area contributed by atoms with E-state index in [-0.39, 0.29) is 11.6 Å². The first-order chi connectivity index (χ1) is 12.9. The Bertz CT molecular complexity index is 929. The van der Waals surface area contributed by atoms with Crippen molar-refractivity contribution in [3.63, 3.8) is 0 Å². The topological polar surface area (TPSA) is 50.2 Å². The maximum atomic E-state index is 13.9. The Balaban J connectivity index is 1.62. The van der Waals surface area contributed by atoms with Crippen LogP contribution in [-0.2, 0) is 11.3 Å². The Hall–Kier alpha value is -2.51. The minimum Gasteiger partial charge on any atom is -0.322 e. The van der Waals surface area contributed by atoms with Gasteiger partial charge in [-0.3, -0.25) is 9.69 Å². The molecular weight excluding hydrogens is 411 g/mol. The molecule has 1 amide bonds. The molecule has 7 heteroatoms. The molecule has 1 atom stereocenters. The standard InChI is InChI=1S/C20H20BrFN4O/c1-14(20(27)24-19-9-8-16(21)10-18(19)22)25(2)12-15-11-23-26(13-15)17-6-4-3-5-7-17/h3-11,13-14H,12H2,1-2H3,(H,24,27). The number of hydrogen-bond donors (Lipinski definition) is 1. The molecule has 27 heavy (non-hydrogen) atoms. The van der Waals surface area contributed by atoms with E-state index in [0.29, 0.717) is 11.0 Å². The Morgan fingerprint density at radius 1 is 1.30 bits per heavy atom. The van der Waals surface area contributed by atoms with Crippen LogP contribution in [0.1, 0.15) is 12.5 Å². The second-order valence-electron chi connectivity index (χ2n) is 6.33. The van der Waals surface area contributed by atoms with Crippen molar-refractivity contribution in [1.82, 2.24) is 14.7 Å². The third-order valence-electron chi connectivity index (χ3n) is 4.32. The summed E-state index contributed by atoms with van der Waals surface area (Å²) in [4.78, 5) is 14.3. The van der Waals surface area contributed by atoms with Crippen LogP contribution < -0.4 is 5.32 Å². The van der Waals surface area contributed by atoms with Gasteiger partial charge < -0.3 is 5.32 Å². The lowest BCUT2D eigenvalue weighted by Gasteiger charge is -2.23. The molecule has 1 N–H and O–H groups in total. The van der Waals surface area contributed by atoms with Gasteiger partial charge in [0.1, 0.15) is 5.82 Å². The van der Waals surface area contributed by atoms with Gasteiger partial charge in [-0.15, -0.1) is 0 Å². The lowest BCUT2D eigenvalue weighted by atomic mass is 10.2. The number of aromatic nitrogens is 2. The molecule has 1 heterocycles. The van der Waals surface area contributed by atoms with Crippen LogP contribution in [0.2, 0.25) is 0 Å². The number of likely N-dealkylation sites (N-methyl/N-ethyl adjacent to an activating group) is 1. The summed E-state index contributed by atoms with van der Waals surface area (Å²) in [7, 11) is 1.85. The average molecular weight is 431 g/mol. The molecule has 0 spiro atoms. The summed E-state index contributed by atoms with van der Waals surface area (Å²) in [5.74, 6) is -0.745. The number of carbonyl (C=O) groups excluding carboxylic acids is 1. The van der Waals surface area contributed by atoms with Gasteiger partial charge in [-0.2, -0.15) is 5.10 Å². The van der Waals surface area contributed by atoms with Gasteiger partial charge in [-0.05, 0) is 44.3 Å². The molecule has 0 aliphatic carbocycles. The van der Waals surface area contributed by atoms with Gasteiger partial charge in [0.05, 0.1) is 23.6 Å². The van der Waals surface area contributed by atoms with Crippen LogP contribution in [0.25, 0.3) is 5.69 Å². The first-order valence-corrected chi connectivity index (χ1v) is 9.28. The number of nitrogens with zero attached hydrogens (tertiary/aromatic N) is 3. The van der Waals surface area contributed by atoms with Crippen LogP contribution in [0, 0.1) is 5.82 Å². The maximum absolute atomic E-state index is 13.9. The molecule has 0 bridgehead atoms. The van der Waals surface area contributed by atoms with Crippen LogP contribution in [0.15, 0.2) is 65.4 Å². The molecule has 3 rings (SSSR count). The van der Waals surface area contributed by atoms with Crippen molar-refractivity contribution in [3.05, 3.63) is 76.8 Å². The van der Waals surface area contributed by atoms with Crippen molar-refractivity contribution in [2.45, 2.75) is 19.5 Å². The van der Waals surface area contributed by atoms with E-state index >= 15 is 0 Å². The van der Waals surface area contributed by atoms with E-state index in [1.807, 2.05) is 48.5 Å². The number of carbonyl (C=O) groups is 1. The smallest absolute Gasteiger partial charge is 0.241 e. The van der Waals surface area contributed by atoms with E-state index in [1.165, 1.54) is 12.1 Å². The lowest BCUT2D eigenvalue weighted by Crippen LogP contribution is -2.39. The van der Waals surface area contributed by atoms with E-state index in [2.05, 4.69) is 26.3 Å². The summed E-state index contributed by atoms with van der Waals surface area (Å²) in [5.41, 5.74) is 2.12. The number of nitrogens with one attached hydrogen (secondary N) is 1. The quantitative estimate of drug-likeness (QED) is 0.636. The van der Waals surface area contributed by atoms with Gasteiger partial charge in [0, 0.05) is 22.8 Å². The van der Waals surface area contributed by atoms with Crippen molar-refractivity contribution in [3.8, 4) is 5.69 Å². The molecule has 2 aromatic carbocycles. The van der Waals surface area contributed by atoms with Crippen LogP contribution in [0.4, 0.5) is 10.1 Å². The minimum absolute atomic E-state index is 0.167. The zero-order valence-corrected chi connectivity index (χ0v) is 16.6. The number of para-hydroxylation sites is 1. The van der Waals surface area contributed by atoms with E-state index in [1.54, 1.807) is 23.9 Å². The Labute approximate surface area is 165 Å². The molecule has 5 nitrogen and oxygen atoms in total. The molecule has 0 aliphatic rings. The monoisotopic (exact) mass is 430 g/mol. The van der Waals surface area contributed by atoms with Crippen molar-refractivity contribution < 1.29 is 9.18 Å². The summed E-state index contributed by atoms with van der Waals surface area (Å²) in [5, 5.41) is 7.00. The van der Waals surface area contributed by atoms with Crippen LogP contribution in [-0.4, -0.2) is 33.7 Å². The normalized spacial score (nSPS) is 12.2. The average Bonchev–Trinajstić information content (AvgIpc) is 3.12. The Kier molecular flexibility index (Phi) is 6.03. The summed E-state index contributed by atoms with van der Waals surface area (Å²) >= 11 is 3.20. The number of halogens is 2. The summed E-state index contributed by atoms with van der Waals surface area (Å²) in [6.45, 7) is 2.33. The molecule has 0 saturated carbocycles. The first kappa shape index (κ1) is 19.3. The predicted octanol–water partition coefficient (Wildman–Crippen LogP) is 4.23. The largest absolute Gasteiger partial charge is 0.322 e.